The number of hydrogen-bond acceptors (Lipinski definition) is 5. The number of nitrogens with zero attached hydrogens (tertiary/aromatic N) is 2. The number of benzene rings is 2. The van der Waals surface area contributed by atoms with E-state index < -0.39 is 6.10 Å². The average Bonchev–Trinajstić information content (AvgIpc) is 3.28. The molecule has 1 N–H and O–H groups in total. The molecule has 0 aliphatic carbocycles. The molecule has 2 aromatic rings. The van der Waals surface area contributed by atoms with Gasteiger partial charge in [-0.05, 0) is 42.3 Å². The van der Waals surface area contributed by atoms with Crippen LogP contribution < -0.4 is 9.47 Å². The number of hydrogen-bond donors (Lipinski definition) is 1. The van der Waals surface area contributed by atoms with Crippen LogP contribution in [0.2, 0.25) is 5.02 Å². The number of β-amino-alcohol motifs (C(OH)–C–C–N with tert-alkyl or cyclic N) is 1. The Labute approximate surface area is 181 Å². The summed E-state index contributed by atoms with van der Waals surface area (Å²) < 4.78 is 11.7. The summed E-state index contributed by atoms with van der Waals surface area (Å²) in [6, 6.07) is 15.2. The Kier molecular flexibility index (Phi) is 6.77. The Morgan fingerprint density at radius 1 is 1.10 bits per heavy atom. The average molecular weight is 431 g/mol. The fourth-order valence-electron chi connectivity index (χ4n) is 3.96. The molecule has 0 radical (unpaired) electrons. The van der Waals surface area contributed by atoms with Gasteiger partial charge in [0.05, 0.1) is 6.54 Å². The Bertz CT molecular complexity index is 861. The minimum absolute atomic E-state index is 0.222. The van der Waals surface area contributed by atoms with Gasteiger partial charge >= 0.3 is 0 Å². The minimum Gasteiger partial charge on any atom is -0.492 e. The molecule has 0 spiro atoms. The van der Waals surface area contributed by atoms with Crippen LogP contribution in [0.5, 0.6) is 11.5 Å². The molecule has 6 nitrogen and oxygen atoms in total. The number of amides is 1. The Balaban J connectivity index is 1.23. The summed E-state index contributed by atoms with van der Waals surface area (Å²) in [6.45, 7) is 3.93. The van der Waals surface area contributed by atoms with Crippen molar-refractivity contribution < 1.29 is 19.4 Å². The maximum absolute atomic E-state index is 11.6. The van der Waals surface area contributed by atoms with Gasteiger partial charge in [-0.25, -0.2) is 0 Å². The molecule has 0 unspecified atom stereocenters. The lowest BCUT2D eigenvalue weighted by atomic mass is 10.2. The third-order valence-electron chi connectivity index (χ3n) is 5.53. The molecule has 4 rings (SSSR count). The lowest BCUT2D eigenvalue weighted by Gasteiger charge is -2.18. The van der Waals surface area contributed by atoms with Gasteiger partial charge in [0.25, 0.3) is 0 Å². The SMILES string of the molecule is O=C1CCCN1CCOc1ccc(CN2C[C@H](Oc3cccc(Cl)c3)[C@@H](O)C2)cc1. The highest BCUT2D eigenvalue weighted by atomic mass is 35.5. The van der Waals surface area contributed by atoms with Crippen molar-refractivity contribution in [1.82, 2.24) is 9.80 Å². The van der Waals surface area contributed by atoms with Gasteiger partial charge in [-0.15, -0.1) is 0 Å². The zero-order valence-electron chi connectivity index (χ0n) is 16.9. The van der Waals surface area contributed by atoms with E-state index in [9.17, 15) is 9.90 Å². The van der Waals surface area contributed by atoms with Gasteiger partial charge < -0.3 is 19.5 Å². The number of rotatable bonds is 8. The molecule has 2 saturated heterocycles. The summed E-state index contributed by atoms with van der Waals surface area (Å²) in [5.41, 5.74) is 1.15. The fraction of sp³-hybridized carbons (Fsp3) is 0.435. The predicted octanol–water partition coefficient (Wildman–Crippen LogP) is 2.97. The first kappa shape index (κ1) is 21.0. The maximum atomic E-state index is 11.6. The number of aliphatic hydroxyl groups is 1. The van der Waals surface area contributed by atoms with Crippen LogP contribution in [0.25, 0.3) is 0 Å². The normalized spacial score (nSPS) is 21.9. The van der Waals surface area contributed by atoms with E-state index in [0.717, 1.165) is 30.8 Å². The number of carbonyl (C=O) groups is 1. The molecule has 0 bridgehead atoms. The van der Waals surface area contributed by atoms with E-state index >= 15 is 0 Å². The lowest BCUT2D eigenvalue weighted by Crippen LogP contribution is -2.29. The van der Waals surface area contributed by atoms with Crippen LogP contribution in [0.1, 0.15) is 18.4 Å². The van der Waals surface area contributed by atoms with Crippen LogP contribution in [0.4, 0.5) is 0 Å². The number of ether oxygens (including phenoxy) is 2. The molecule has 0 saturated carbocycles. The number of carbonyl (C=O) groups excluding carboxylic acids is 1. The highest BCUT2D eigenvalue weighted by molar-refractivity contribution is 6.30. The monoisotopic (exact) mass is 430 g/mol. The summed E-state index contributed by atoms with van der Waals surface area (Å²) >= 11 is 6.01. The molecule has 160 valence electrons. The number of halogens is 1. The largest absolute Gasteiger partial charge is 0.492 e. The zero-order chi connectivity index (χ0) is 20.9. The van der Waals surface area contributed by atoms with Gasteiger partial charge in [-0.1, -0.05) is 29.8 Å². The van der Waals surface area contributed by atoms with Crippen LogP contribution >= 0.6 is 11.6 Å². The summed E-state index contributed by atoms with van der Waals surface area (Å²) in [5, 5.41) is 11.0. The van der Waals surface area contributed by atoms with Crippen molar-refractivity contribution in [3.8, 4) is 11.5 Å². The lowest BCUT2D eigenvalue weighted by molar-refractivity contribution is -0.128. The van der Waals surface area contributed by atoms with E-state index in [1.54, 1.807) is 12.1 Å². The predicted molar refractivity (Wildman–Crippen MR) is 115 cm³/mol. The van der Waals surface area contributed by atoms with Crippen LogP contribution in [0.15, 0.2) is 48.5 Å². The summed E-state index contributed by atoms with van der Waals surface area (Å²) in [7, 11) is 0. The van der Waals surface area contributed by atoms with Gasteiger partial charge in [0.2, 0.25) is 5.91 Å². The molecule has 2 aliphatic heterocycles. The third-order valence-corrected chi connectivity index (χ3v) is 5.76. The molecule has 0 aromatic heterocycles. The van der Waals surface area contributed by atoms with E-state index in [4.69, 9.17) is 21.1 Å². The second-order valence-corrected chi connectivity index (χ2v) is 8.29. The molecule has 2 aromatic carbocycles. The number of aliphatic hydroxyl groups excluding tert-OH is 1. The molecule has 1 amide bonds. The Morgan fingerprint density at radius 3 is 2.67 bits per heavy atom. The molecule has 7 heteroatoms. The minimum atomic E-state index is -0.542. The molecule has 2 fully saturated rings. The van der Waals surface area contributed by atoms with E-state index in [-0.39, 0.29) is 12.0 Å². The van der Waals surface area contributed by atoms with Gasteiger partial charge in [-0.3, -0.25) is 9.69 Å². The topological polar surface area (TPSA) is 62.2 Å². The quantitative estimate of drug-likeness (QED) is 0.697. The number of likely N-dealkylation sites (tertiary alicyclic amines) is 2. The van der Waals surface area contributed by atoms with Gasteiger partial charge in [0.1, 0.15) is 30.3 Å². The molecule has 2 atom stereocenters. The van der Waals surface area contributed by atoms with E-state index in [2.05, 4.69) is 4.90 Å². The first-order chi connectivity index (χ1) is 14.6. The van der Waals surface area contributed by atoms with Crippen molar-refractivity contribution in [1.29, 1.82) is 0 Å². The fourth-order valence-corrected chi connectivity index (χ4v) is 4.14. The molecule has 2 aliphatic rings. The van der Waals surface area contributed by atoms with Crippen LogP contribution in [-0.2, 0) is 11.3 Å². The van der Waals surface area contributed by atoms with Crippen molar-refractivity contribution in [3.63, 3.8) is 0 Å². The molecular weight excluding hydrogens is 404 g/mol. The smallest absolute Gasteiger partial charge is 0.222 e. The van der Waals surface area contributed by atoms with Gasteiger partial charge in [-0.2, -0.15) is 0 Å². The first-order valence-corrected chi connectivity index (χ1v) is 10.8. The summed E-state index contributed by atoms with van der Waals surface area (Å²) in [5.74, 6) is 1.69. The molecule has 2 heterocycles. The molecular formula is C23H27ClN2O4. The van der Waals surface area contributed by atoms with Crippen LogP contribution in [0, 0.1) is 0 Å². The highest BCUT2D eigenvalue weighted by Crippen LogP contribution is 2.23. The second kappa shape index (κ2) is 9.69. The standard InChI is InChI=1S/C23H27ClN2O4/c24-18-3-1-4-20(13-18)30-22-16-25(15-21(22)27)14-17-6-8-19(9-7-17)29-12-11-26-10-2-5-23(26)28/h1,3-4,6-9,13,21-22,27H,2,5,10-12,14-16H2/t21-,22-/m0/s1. The maximum Gasteiger partial charge on any atom is 0.222 e. The molecule has 30 heavy (non-hydrogen) atoms. The van der Waals surface area contributed by atoms with Crippen molar-refractivity contribution >= 4 is 17.5 Å². The van der Waals surface area contributed by atoms with Crippen molar-refractivity contribution in [2.75, 3.05) is 32.8 Å². The Hall–Kier alpha value is -2.28. The zero-order valence-corrected chi connectivity index (χ0v) is 17.6. The van der Waals surface area contributed by atoms with Gasteiger partial charge in [0, 0.05) is 37.6 Å². The van der Waals surface area contributed by atoms with Crippen molar-refractivity contribution in [3.05, 3.63) is 59.1 Å². The summed E-state index contributed by atoms with van der Waals surface area (Å²) in [6.07, 6.45) is 0.786. The van der Waals surface area contributed by atoms with Crippen molar-refractivity contribution in [2.45, 2.75) is 31.6 Å². The van der Waals surface area contributed by atoms with E-state index in [0.29, 0.717) is 43.4 Å². The van der Waals surface area contributed by atoms with E-state index in [1.807, 2.05) is 41.3 Å². The third kappa shape index (κ3) is 5.45. The van der Waals surface area contributed by atoms with E-state index in [1.165, 1.54) is 0 Å². The van der Waals surface area contributed by atoms with Gasteiger partial charge in [0.15, 0.2) is 0 Å². The van der Waals surface area contributed by atoms with Crippen LogP contribution in [0.3, 0.4) is 0 Å². The first-order valence-electron chi connectivity index (χ1n) is 10.4. The Morgan fingerprint density at radius 2 is 1.93 bits per heavy atom. The van der Waals surface area contributed by atoms with Crippen molar-refractivity contribution in [2.24, 2.45) is 0 Å². The van der Waals surface area contributed by atoms with Crippen LogP contribution in [-0.4, -0.2) is 65.8 Å². The summed E-state index contributed by atoms with van der Waals surface area (Å²) in [4.78, 5) is 15.7. The highest BCUT2D eigenvalue weighted by Gasteiger charge is 2.33. The second-order valence-electron chi connectivity index (χ2n) is 7.85.